The maximum atomic E-state index is 13.1. The number of hydrogen-bond donors (Lipinski definition) is 2. The van der Waals surface area contributed by atoms with Gasteiger partial charge in [0.15, 0.2) is 0 Å². The molecule has 164 valence electrons. The smallest absolute Gasteiger partial charge is 0.325 e. The van der Waals surface area contributed by atoms with E-state index in [0.29, 0.717) is 15.6 Å². The average molecular weight is 462 g/mol. The Labute approximate surface area is 191 Å². The quantitative estimate of drug-likeness (QED) is 0.591. The molecule has 2 atom stereocenters. The van der Waals surface area contributed by atoms with Crippen LogP contribution >= 0.6 is 23.2 Å². The number of carbonyl (C=O) groups excluding carboxylic acids is 3. The predicted molar refractivity (Wildman–Crippen MR) is 121 cm³/mol. The standard InChI is InChI=1S/C23H25Cl2N3O3/c1-4-5-15-6-9-17(10-7-15)23(3)21(30)28(22(31)27-23)13-20(29)26-14(2)16-8-11-18(24)19(25)12-16/h6-12,14H,4-5,13H2,1-3H3,(H,26,29)(H,27,31)/t14-,23+/m1/s1. The summed E-state index contributed by atoms with van der Waals surface area (Å²) in [5.41, 5.74) is 1.39. The van der Waals surface area contributed by atoms with E-state index in [2.05, 4.69) is 17.6 Å². The Morgan fingerprint density at radius 3 is 2.42 bits per heavy atom. The van der Waals surface area contributed by atoms with E-state index in [-0.39, 0.29) is 12.6 Å². The second-order valence-electron chi connectivity index (χ2n) is 7.86. The van der Waals surface area contributed by atoms with Crippen molar-refractivity contribution in [2.45, 2.75) is 45.2 Å². The summed E-state index contributed by atoms with van der Waals surface area (Å²) in [6.45, 7) is 5.16. The first-order valence-corrected chi connectivity index (χ1v) is 10.9. The lowest BCUT2D eigenvalue weighted by molar-refractivity contribution is -0.135. The van der Waals surface area contributed by atoms with E-state index in [0.717, 1.165) is 23.3 Å². The Hall–Kier alpha value is -2.57. The molecule has 0 unspecified atom stereocenters. The minimum Gasteiger partial charge on any atom is -0.348 e. The Morgan fingerprint density at radius 1 is 1.13 bits per heavy atom. The lowest BCUT2D eigenvalue weighted by atomic mass is 9.91. The van der Waals surface area contributed by atoms with Gasteiger partial charge in [-0.15, -0.1) is 0 Å². The van der Waals surface area contributed by atoms with E-state index in [1.807, 2.05) is 24.3 Å². The van der Waals surface area contributed by atoms with Crippen molar-refractivity contribution in [3.8, 4) is 0 Å². The number of carbonyl (C=O) groups is 3. The molecule has 3 rings (SSSR count). The second-order valence-corrected chi connectivity index (χ2v) is 8.67. The highest BCUT2D eigenvalue weighted by Gasteiger charge is 2.49. The van der Waals surface area contributed by atoms with Gasteiger partial charge >= 0.3 is 6.03 Å². The van der Waals surface area contributed by atoms with E-state index in [4.69, 9.17) is 23.2 Å². The topological polar surface area (TPSA) is 78.5 Å². The number of hydrogen-bond acceptors (Lipinski definition) is 3. The molecular formula is C23H25Cl2N3O3. The van der Waals surface area contributed by atoms with Gasteiger partial charge in [0.05, 0.1) is 16.1 Å². The third-order valence-electron chi connectivity index (χ3n) is 5.47. The molecule has 1 fully saturated rings. The number of imide groups is 1. The number of nitrogens with zero attached hydrogens (tertiary/aromatic N) is 1. The van der Waals surface area contributed by atoms with Gasteiger partial charge in [-0.05, 0) is 49.1 Å². The molecule has 0 radical (unpaired) electrons. The van der Waals surface area contributed by atoms with Crippen molar-refractivity contribution in [1.82, 2.24) is 15.5 Å². The maximum absolute atomic E-state index is 13.1. The summed E-state index contributed by atoms with van der Waals surface area (Å²) in [7, 11) is 0. The van der Waals surface area contributed by atoms with Crippen LogP contribution in [0.1, 0.15) is 49.9 Å². The molecule has 2 aromatic carbocycles. The summed E-state index contributed by atoms with van der Waals surface area (Å²) in [5, 5.41) is 6.32. The van der Waals surface area contributed by atoms with Gasteiger partial charge in [-0.2, -0.15) is 0 Å². The summed E-state index contributed by atoms with van der Waals surface area (Å²) < 4.78 is 0. The number of amides is 4. The summed E-state index contributed by atoms with van der Waals surface area (Å²) in [6.07, 6.45) is 1.97. The summed E-state index contributed by atoms with van der Waals surface area (Å²) in [5.74, 6) is -0.914. The fraction of sp³-hybridized carbons (Fsp3) is 0.348. The third kappa shape index (κ3) is 4.86. The molecule has 0 bridgehead atoms. The monoisotopic (exact) mass is 461 g/mol. The van der Waals surface area contributed by atoms with Gasteiger partial charge < -0.3 is 10.6 Å². The number of benzene rings is 2. The second kappa shape index (κ2) is 9.28. The van der Waals surface area contributed by atoms with Gasteiger partial charge in [0.25, 0.3) is 5.91 Å². The first-order chi connectivity index (χ1) is 14.7. The highest BCUT2D eigenvalue weighted by molar-refractivity contribution is 6.42. The zero-order valence-corrected chi connectivity index (χ0v) is 19.2. The number of urea groups is 1. The van der Waals surface area contributed by atoms with Crippen LogP contribution in [0.2, 0.25) is 10.0 Å². The zero-order chi connectivity index (χ0) is 22.8. The Morgan fingerprint density at radius 2 is 1.81 bits per heavy atom. The average Bonchev–Trinajstić information content (AvgIpc) is 2.94. The minimum atomic E-state index is -1.21. The van der Waals surface area contributed by atoms with Crippen molar-refractivity contribution in [1.29, 1.82) is 0 Å². The van der Waals surface area contributed by atoms with Crippen LogP contribution in [-0.4, -0.2) is 29.3 Å². The Kier molecular flexibility index (Phi) is 6.92. The highest BCUT2D eigenvalue weighted by atomic mass is 35.5. The first kappa shape index (κ1) is 23.1. The van der Waals surface area contributed by atoms with Crippen LogP contribution in [0, 0.1) is 0 Å². The van der Waals surface area contributed by atoms with Crippen LogP contribution < -0.4 is 10.6 Å². The highest BCUT2D eigenvalue weighted by Crippen LogP contribution is 2.29. The van der Waals surface area contributed by atoms with Crippen molar-refractivity contribution in [2.75, 3.05) is 6.54 Å². The van der Waals surface area contributed by atoms with Gasteiger partial charge in [0, 0.05) is 0 Å². The molecule has 4 amide bonds. The maximum Gasteiger partial charge on any atom is 0.325 e. The molecule has 0 aromatic heterocycles. The van der Waals surface area contributed by atoms with Crippen LogP contribution in [-0.2, 0) is 21.5 Å². The van der Waals surface area contributed by atoms with Crippen LogP contribution in [0.25, 0.3) is 0 Å². The van der Waals surface area contributed by atoms with Crippen LogP contribution in [0.15, 0.2) is 42.5 Å². The summed E-state index contributed by atoms with van der Waals surface area (Å²) in [6, 6.07) is 11.7. The van der Waals surface area contributed by atoms with Gasteiger partial charge in [-0.1, -0.05) is 66.9 Å². The van der Waals surface area contributed by atoms with Crippen molar-refractivity contribution in [2.24, 2.45) is 0 Å². The van der Waals surface area contributed by atoms with Gasteiger partial charge in [0.2, 0.25) is 5.91 Å². The molecule has 2 aromatic rings. The molecule has 8 heteroatoms. The van der Waals surface area contributed by atoms with E-state index < -0.39 is 23.4 Å². The first-order valence-electron chi connectivity index (χ1n) is 10.1. The number of nitrogens with one attached hydrogen (secondary N) is 2. The molecule has 1 saturated heterocycles. The molecule has 31 heavy (non-hydrogen) atoms. The van der Waals surface area contributed by atoms with Crippen molar-refractivity contribution >= 4 is 41.0 Å². The normalized spacial score (nSPS) is 19.3. The van der Waals surface area contributed by atoms with E-state index in [1.54, 1.807) is 32.0 Å². The Balaban J connectivity index is 1.68. The number of aryl methyl sites for hydroxylation is 1. The fourth-order valence-corrected chi connectivity index (χ4v) is 3.93. The van der Waals surface area contributed by atoms with Crippen LogP contribution in [0.3, 0.4) is 0 Å². The number of rotatable bonds is 7. The van der Waals surface area contributed by atoms with E-state index >= 15 is 0 Å². The van der Waals surface area contributed by atoms with Gasteiger partial charge in [-0.25, -0.2) is 4.79 Å². The SMILES string of the molecule is CCCc1ccc([C@]2(C)NC(=O)N(CC(=O)N[C@H](C)c3ccc(Cl)c(Cl)c3)C2=O)cc1. The molecule has 1 heterocycles. The molecule has 2 N–H and O–H groups in total. The molecule has 1 aliphatic heterocycles. The predicted octanol–water partition coefficient (Wildman–Crippen LogP) is 4.59. The molecular weight excluding hydrogens is 437 g/mol. The molecule has 0 spiro atoms. The van der Waals surface area contributed by atoms with Crippen LogP contribution in [0.4, 0.5) is 4.79 Å². The number of halogens is 2. The van der Waals surface area contributed by atoms with E-state index in [9.17, 15) is 14.4 Å². The fourth-order valence-electron chi connectivity index (χ4n) is 3.63. The molecule has 0 aliphatic carbocycles. The lowest BCUT2D eigenvalue weighted by Gasteiger charge is -2.23. The van der Waals surface area contributed by atoms with Crippen molar-refractivity contribution in [3.63, 3.8) is 0 Å². The lowest BCUT2D eigenvalue weighted by Crippen LogP contribution is -2.43. The van der Waals surface area contributed by atoms with Gasteiger partial charge in [-0.3, -0.25) is 14.5 Å². The van der Waals surface area contributed by atoms with Gasteiger partial charge in [0.1, 0.15) is 12.1 Å². The van der Waals surface area contributed by atoms with Crippen molar-refractivity contribution in [3.05, 3.63) is 69.2 Å². The molecule has 0 saturated carbocycles. The summed E-state index contributed by atoms with van der Waals surface area (Å²) in [4.78, 5) is 39.0. The largest absolute Gasteiger partial charge is 0.348 e. The molecule has 6 nitrogen and oxygen atoms in total. The summed E-state index contributed by atoms with van der Waals surface area (Å²) >= 11 is 12.0. The zero-order valence-electron chi connectivity index (χ0n) is 17.7. The minimum absolute atomic E-state index is 0.375. The van der Waals surface area contributed by atoms with Crippen molar-refractivity contribution < 1.29 is 14.4 Å². The van der Waals surface area contributed by atoms with E-state index in [1.165, 1.54) is 5.56 Å². The molecule has 1 aliphatic rings. The third-order valence-corrected chi connectivity index (χ3v) is 6.21. The van der Waals surface area contributed by atoms with Crippen LogP contribution in [0.5, 0.6) is 0 Å². The Bertz CT molecular complexity index is 1010.